The minimum atomic E-state index is 0.359. The molecule has 1 heterocycles. The van der Waals surface area contributed by atoms with E-state index in [2.05, 4.69) is 31.1 Å². The van der Waals surface area contributed by atoms with Crippen molar-refractivity contribution in [3.63, 3.8) is 0 Å². The normalized spacial score (nSPS) is 21.2. The van der Waals surface area contributed by atoms with Gasteiger partial charge in [-0.15, -0.1) is 0 Å². The molecule has 1 aliphatic heterocycles. The quantitative estimate of drug-likeness (QED) is 0.685. The summed E-state index contributed by atoms with van der Waals surface area (Å²) in [4.78, 5) is 2.38. The van der Waals surface area contributed by atoms with Crippen molar-refractivity contribution in [3.05, 3.63) is 0 Å². The highest BCUT2D eigenvalue weighted by molar-refractivity contribution is 4.71. The number of nitrogens with one attached hydrogen (secondary N) is 1. The van der Waals surface area contributed by atoms with Crippen molar-refractivity contribution in [2.75, 3.05) is 39.8 Å². The van der Waals surface area contributed by atoms with Crippen LogP contribution < -0.4 is 5.32 Å². The van der Waals surface area contributed by atoms with E-state index < -0.39 is 0 Å². The Morgan fingerprint density at radius 3 is 2.81 bits per heavy atom. The van der Waals surface area contributed by atoms with Crippen LogP contribution in [0.1, 0.15) is 33.1 Å². The Hall–Kier alpha value is -0.120. The molecule has 1 saturated heterocycles. The van der Waals surface area contributed by atoms with Gasteiger partial charge in [0.05, 0.1) is 12.7 Å². The van der Waals surface area contributed by atoms with Crippen LogP contribution in [0.3, 0.4) is 0 Å². The van der Waals surface area contributed by atoms with Gasteiger partial charge in [0.1, 0.15) is 0 Å². The molecule has 0 aliphatic carbocycles. The van der Waals surface area contributed by atoms with E-state index >= 15 is 0 Å². The lowest BCUT2D eigenvalue weighted by molar-refractivity contribution is 0.0634. The van der Waals surface area contributed by atoms with Gasteiger partial charge in [-0.1, -0.05) is 0 Å². The Balaban J connectivity index is 1.91. The zero-order valence-corrected chi connectivity index (χ0v) is 11.2. The fourth-order valence-electron chi connectivity index (χ4n) is 2.17. The molecule has 96 valence electrons. The number of hydrogen-bond donors (Lipinski definition) is 1. The van der Waals surface area contributed by atoms with Crippen molar-refractivity contribution in [1.29, 1.82) is 0 Å². The van der Waals surface area contributed by atoms with Crippen molar-refractivity contribution >= 4 is 0 Å². The fraction of sp³-hybridized carbons (Fsp3) is 1.00. The van der Waals surface area contributed by atoms with Crippen LogP contribution in [-0.2, 0) is 4.74 Å². The summed E-state index contributed by atoms with van der Waals surface area (Å²) in [6, 6.07) is 0. The Kier molecular flexibility index (Phi) is 7.01. The second-order valence-electron chi connectivity index (χ2n) is 5.22. The van der Waals surface area contributed by atoms with Crippen LogP contribution in [0.25, 0.3) is 0 Å². The Labute approximate surface area is 101 Å². The summed E-state index contributed by atoms with van der Waals surface area (Å²) in [7, 11) is 2.19. The van der Waals surface area contributed by atoms with Crippen LogP contribution in [0, 0.1) is 5.92 Å². The Morgan fingerprint density at radius 1 is 1.38 bits per heavy atom. The molecule has 1 aliphatic rings. The van der Waals surface area contributed by atoms with E-state index in [1.807, 2.05) is 0 Å². The molecule has 0 saturated carbocycles. The van der Waals surface area contributed by atoms with Gasteiger partial charge in [-0.3, -0.25) is 0 Å². The first-order chi connectivity index (χ1) is 7.68. The number of likely N-dealkylation sites (N-methyl/N-ethyl adjacent to an activating group) is 1. The SMILES string of the molecule is CC(C)OCCN(C)CCCC1CCNC1. The summed E-state index contributed by atoms with van der Waals surface area (Å²) in [6.07, 6.45) is 4.44. The van der Waals surface area contributed by atoms with Gasteiger partial charge in [-0.05, 0) is 65.7 Å². The molecule has 1 fully saturated rings. The third-order valence-corrected chi connectivity index (χ3v) is 3.24. The van der Waals surface area contributed by atoms with E-state index in [0.29, 0.717) is 6.10 Å². The van der Waals surface area contributed by atoms with E-state index in [1.165, 1.54) is 38.9 Å². The summed E-state index contributed by atoms with van der Waals surface area (Å²) in [5.74, 6) is 0.931. The summed E-state index contributed by atoms with van der Waals surface area (Å²) >= 11 is 0. The topological polar surface area (TPSA) is 24.5 Å². The largest absolute Gasteiger partial charge is 0.377 e. The maximum absolute atomic E-state index is 5.54. The molecule has 0 spiro atoms. The average Bonchev–Trinajstić information content (AvgIpc) is 2.70. The molecule has 0 aromatic carbocycles. The molecule has 1 rings (SSSR count). The predicted molar refractivity (Wildman–Crippen MR) is 68.8 cm³/mol. The highest BCUT2D eigenvalue weighted by Gasteiger charge is 2.13. The van der Waals surface area contributed by atoms with E-state index in [1.54, 1.807) is 0 Å². The molecule has 1 N–H and O–H groups in total. The van der Waals surface area contributed by atoms with E-state index in [4.69, 9.17) is 4.74 Å². The molecule has 0 amide bonds. The number of nitrogens with zero attached hydrogens (tertiary/aromatic N) is 1. The predicted octanol–water partition coefficient (Wildman–Crippen LogP) is 1.73. The lowest BCUT2D eigenvalue weighted by Crippen LogP contribution is -2.25. The van der Waals surface area contributed by atoms with Crippen LogP contribution in [0.15, 0.2) is 0 Å². The Morgan fingerprint density at radius 2 is 2.19 bits per heavy atom. The summed E-state index contributed by atoms with van der Waals surface area (Å²) in [5.41, 5.74) is 0. The maximum atomic E-state index is 5.54. The molecule has 0 bridgehead atoms. The van der Waals surface area contributed by atoms with Crippen molar-refractivity contribution in [1.82, 2.24) is 10.2 Å². The minimum Gasteiger partial charge on any atom is -0.377 e. The van der Waals surface area contributed by atoms with E-state index in [-0.39, 0.29) is 0 Å². The van der Waals surface area contributed by atoms with Crippen molar-refractivity contribution in [2.24, 2.45) is 5.92 Å². The second kappa shape index (κ2) is 8.04. The van der Waals surface area contributed by atoms with Crippen LogP contribution >= 0.6 is 0 Å². The molecule has 0 radical (unpaired) electrons. The van der Waals surface area contributed by atoms with Gasteiger partial charge < -0.3 is 15.0 Å². The van der Waals surface area contributed by atoms with E-state index in [0.717, 1.165) is 19.1 Å². The highest BCUT2D eigenvalue weighted by Crippen LogP contribution is 2.14. The van der Waals surface area contributed by atoms with Crippen LogP contribution in [0.5, 0.6) is 0 Å². The van der Waals surface area contributed by atoms with Gasteiger partial charge >= 0.3 is 0 Å². The standard InChI is InChI=1S/C13H28N2O/c1-12(2)16-10-9-15(3)8-4-5-13-6-7-14-11-13/h12-14H,4-11H2,1-3H3. The second-order valence-corrected chi connectivity index (χ2v) is 5.22. The molecule has 0 aromatic heterocycles. The zero-order valence-electron chi connectivity index (χ0n) is 11.2. The smallest absolute Gasteiger partial charge is 0.0596 e. The van der Waals surface area contributed by atoms with Gasteiger partial charge in [0.15, 0.2) is 0 Å². The van der Waals surface area contributed by atoms with Gasteiger partial charge in [-0.2, -0.15) is 0 Å². The molecule has 0 aromatic rings. The molecular formula is C13H28N2O. The molecular weight excluding hydrogens is 200 g/mol. The fourth-order valence-corrected chi connectivity index (χ4v) is 2.17. The lowest BCUT2D eigenvalue weighted by atomic mass is 10.0. The van der Waals surface area contributed by atoms with Gasteiger partial charge in [-0.25, -0.2) is 0 Å². The molecule has 3 heteroatoms. The maximum Gasteiger partial charge on any atom is 0.0596 e. The summed E-state index contributed by atoms with van der Waals surface area (Å²) in [6.45, 7) is 9.77. The summed E-state index contributed by atoms with van der Waals surface area (Å²) < 4.78 is 5.54. The van der Waals surface area contributed by atoms with Crippen molar-refractivity contribution < 1.29 is 4.74 Å². The molecule has 1 unspecified atom stereocenters. The monoisotopic (exact) mass is 228 g/mol. The number of rotatable bonds is 8. The first-order valence-electron chi connectivity index (χ1n) is 6.69. The van der Waals surface area contributed by atoms with E-state index in [9.17, 15) is 0 Å². The molecule has 1 atom stereocenters. The zero-order chi connectivity index (χ0) is 11.8. The molecule has 3 nitrogen and oxygen atoms in total. The van der Waals surface area contributed by atoms with Crippen LogP contribution in [0.2, 0.25) is 0 Å². The average molecular weight is 228 g/mol. The first kappa shape index (κ1) is 13.9. The van der Waals surface area contributed by atoms with Gasteiger partial charge in [0.2, 0.25) is 0 Å². The highest BCUT2D eigenvalue weighted by atomic mass is 16.5. The Bertz CT molecular complexity index is 167. The number of ether oxygens (including phenoxy) is 1. The van der Waals surface area contributed by atoms with Gasteiger partial charge in [0, 0.05) is 6.54 Å². The van der Waals surface area contributed by atoms with Crippen LogP contribution in [-0.4, -0.2) is 50.8 Å². The third-order valence-electron chi connectivity index (χ3n) is 3.24. The summed E-state index contributed by atoms with van der Waals surface area (Å²) in [5, 5.41) is 3.42. The third kappa shape index (κ3) is 6.46. The van der Waals surface area contributed by atoms with Crippen LogP contribution in [0.4, 0.5) is 0 Å². The number of hydrogen-bond acceptors (Lipinski definition) is 3. The molecule has 16 heavy (non-hydrogen) atoms. The van der Waals surface area contributed by atoms with Crippen molar-refractivity contribution in [2.45, 2.75) is 39.2 Å². The first-order valence-corrected chi connectivity index (χ1v) is 6.69. The lowest BCUT2D eigenvalue weighted by Gasteiger charge is -2.18. The minimum absolute atomic E-state index is 0.359. The van der Waals surface area contributed by atoms with Gasteiger partial charge in [0.25, 0.3) is 0 Å². The van der Waals surface area contributed by atoms with Crippen molar-refractivity contribution in [3.8, 4) is 0 Å².